The van der Waals surface area contributed by atoms with Gasteiger partial charge < -0.3 is 19.8 Å². The number of fused-ring (bicyclic) bond motifs is 1. The topological polar surface area (TPSA) is 80.4 Å². The van der Waals surface area contributed by atoms with E-state index in [0.717, 1.165) is 16.7 Å². The number of carbonyl (C=O) groups is 1. The van der Waals surface area contributed by atoms with Gasteiger partial charge in [-0.25, -0.2) is 0 Å². The predicted octanol–water partition coefficient (Wildman–Crippen LogP) is 2.52. The van der Waals surface area contributed by atoms with Gasteiger partial charge in [0.05, 0.1) is 14.2 Å². The van der Waals surface area contributed by atoms with Gasteiger partial charge in [0.1, 0.15) is 11.5 Å². The van der Waals surface area contributed by atoms with Crippen LogP contribution in [0.25, 0.3) is 10.9 Å². The van der Waals surface area contributed by atoms with E-state index in [9.17, 15) is 9.59 Å². The summed E-state index contributed by atoms with van der Waals surface area (Å²) in [5.41, 5.74) is 1.76. The van der Waals surface area contributed by atoms with Crippen molar-refractivity contribution >= 4 is 16.8 Å². The first-order chi connectivity index (χ1) is 12.6. The fourth-order valence-corrected chi connectivity index (χ4v) is 2.70. The number of aromatic nitrogens is 1. The maximum absolute atomic E-state index is 12.2. The number of amides is 1. The van der Waals surface area contributed by atoms with Gasteiger partial charge in [-0.3, -0.25) is 9.59 Å². The summed E-state index contributed by atoms with van der Waals surface area (Å²) in [6, 6.07) is 14.2. The van der Waals surface area contributed by atoms with E-state index in [0.29, 0.717) is 29.8 Å². The number of H-pyrrole nitrogens is 1. The molecule has 0 radical (unpaired) electrons. The van der Waals surface area contributed by atoms with Crippen molar-refractivity contribution in [2.75, 3.05) is 20.8 Å². The third-order valence-corrected chi connectivity index (χ3v) is 4.16. The maximum atomic E-state index is 12.2. The van der Waals surface area contributed by atoms with Gasteiger partial charge in [0.25, 0.3) is 11.5 Å². The molecule has 0 bridgehead atoms. The number of carbonyl (C=O) groups excluding carboxylic acids is 1. The van der Waals surface area contributed by atoms with Gasteiger partial charge in [-0.2, -0.15) is 0 Å². The maximum Gasteiger partial charge on any atom is 0.251 e. The van der Waals surface area contributed by atoms with Crippen molar-refractivity contribution in [3.05, 3.63) is 70.0 Å². The van der Waals surface area contributed by atoms with Crippen LogP contribution in [-0.2, 0) is 6.42 Å². The molecule has 0 fully saturated rings. The fourth-order valence-electron chi connectivity index (χ4n) is 2.70. The Morgan fingerprint density at radius 3 is 2.38 bits per heavy atom. The number of ether oxygens (including phenoxy) is 2. The summed E-state index contributed by atoms with van der Waals surface area (Å²) in [5, 5.41) is 3.71. The molecule has 6 heteroatoms. The number of aromatic amines is 1. The summed E-state index contributed by atoms with van der Waals surface area (Å²) >= 11 is 0. The minimum absolute atomic E-state index is 0.152. The van der Waals surface area contributed by atoms with Crippen molar-refractivity contribution in [1.82, 2.24) is 10.3 Å². The van der Waals surface area contributed by atoms with Crippen LogP contribution < -0.4 is 20.3 Å². The van der Waals surface area contributed by atoms with E-state index in [1.54, 1.807) is 44.6 Å². The van der Waals surface area contributed by atoms with E-state index >= 15 is 0 Å². The molecule has 0 unspecified atom stereocenters. The molecule has 0 aliphatic carbocycles. The molecular weight excluding hydrogens is 332 g/mol. The van der Waals surface area contributed by atoms with Crippen LogP contribution >= 0.6 is 0 Å². The Kier molecular flexibility index (Phi) is 5.22. The standard InChI is InChI=1S/C20H20N2O4/c1-25-16-5-3-13(4-6-16)19(23)21-10-9-14-11-15-12-17(26-2)7-8-18(15)22-20(14)24/h3-8,11-12H,9-10H2,1-2H3,(H,21,23)(H,22,24). The Morgan fingerprint density at radius 1 is 1.00 bits per heavy atom. The Hall–Kier alpha value is -3.28. The first kappa shape index (κ1) is 17.5. The smallest absolute Gasteiger partial charge is 0.251 e. The van der Waals surface area contributed by atoms with E-state index in [4.69, 9.17) is 9.47 Å². The number of pyridine rings is 1. The van der Waals surface area contributed by atoms with E-state index in [2.05, 4.69) is 10.3 Å². The van der Waals surface area contributed by atoms with Crippen LogP contribution in [0.3, 0.4) is 0 Å². The number of methoxy groups -OCH3 is 2. The van der Waals surface area contributed by atoms with Gasteiger partial charge in [-0.05, 0) is 55.0 Å². The van der Waals surface area contributed by atoms with Crippen LogP contribution in [0.15, 0.2) is 53.3 Å². The van der Waals surface area contributed by atoms with E-state index in [1.165, 1.54) is 0 Å². The van der Waals surface area contributed by atoms with Crippen molar-refractivity contribution < 1.29 is 14.3 Å². The highest BCUT2D eigenvalue weighted by Crippen LogP contribution is 2.18. The minimum Gasteiger partial charge on any atom is -0.497 e. The lowest BCUT2D eigenvalue weighted by atomic mass is 10.1. The number of hydrogen-bond donors (Lipinski definition) is 2. The van der Waals surface area contributed by atoms with Gasteiger partial charge in [0, 0.05) is 28.6 Å². The largest absolute Gasteiger partial charge is 0.497 e. The third-order valence-electron chi connectivity index (χ3n) is 4.16. The highest BCUT2D eigenvalue weighted by atomic mass is 16.5. The molecule has 3 aromatic rings. The predicted molar refractivity (Wildman–Crippen MR) is 100 cm³/mol. The summed E-state index contributed by atoms with van der Waals surface area (Å²) in [4.78, 5) is 27.2. The minimum atomic E-state index is -0.188. The molecule has 6 nitrogen and oxygen atoms in total. The molecule has 1 heterocycles. The second-order valence-corrected chi connectivity index (χ2v) is 5.81. The Labute approximate surface area is 150 Å². The molecule has 0 spiro atoms. The first-order valence-electron chi connectivity index (χ1n) is 8.23. The fraction of sp³-hybridized carbons (Fsp3) is 0.200. The first-order valence-corrected chi connectivity index (χ1v) is 8.23. The number of benzene rings is 2. The average molecular weight is 352 g/mol. The van der Waals surface area contributed by atoms with Crippen LogP contribution in [0.4, 0.5) is 0 Å². The summed E-state index contributed by atoms with van der Waals surface area (Å²) in [6.07, 6.45) is 0.435. The normalized spacial score (nSPS) is 10.5. The van der Waals surface area contributed by atoms with Crippen LogP contribution in [0.2, 0.25) is 0 Å². The summed E-state index contributed by atoms with van der Waals surface area (Å²) in [5.74, 6) is 1.23. The number of hydrogen-bond acceptors (Lipinski definition) is 4. The lowest BCUT2D eigenvalue weighted by Gasteiger charge is -2.07. The zero-order chi connectivity index (χ0) is 18.5. The monoisotopic (exact) mass is 352 g/mol. The second-order valence-electron chi connectivity index (χ2n) is 5.81. The van der Waals surface area contributed by atoms with Gasteiger partial charge >= 0.3 is 0 Å². The molecule has 2 N–H and O–H groups in total. The highest BCUT2D eigenvalue weighted by Gasteiger charge is 2.07. The SMILES string of the molecule is COc1ccc(C(=O)NCCc2cc3cc(OC)ccc3[nH]c2=O)cc1. The van der Waals surface area contributed by atoms with Gasteiger partial charge in [-0.1, -0.05) is 0 Å². The number of rotatable bonds is 6. The highest BCUT2D eigenvalue weighted by molar-refractivity contribution is 5.94. The van der Waals surface area contributed by atoms with Gasteiger partial charge in [0.2, 0.25) is 0 Å². The van der Waals surface area contributed by atoms with Crippen molar-refractivity contribution in [3.63, 3.8) is 0 Å². The molecule has 26 heavy (non-hydrogen) atoms. The molecule has 0 saturated heterocycles. The van der Waals surface area contributed by atoms with Crippen molar-refractivity contribution in [2.24, 2.45) is 0 Å². The van der Waals surface area contributed by atoms with Gasteiger partial charge in [-0.15, -0.1) is 0 Å². The Bertz CT molecular complexity index is 977. The molecule has 134 valence electrons. The van der Waals surface area contributed by atoms with Crippen LogP contribution in [0.5, 0.6) is 11.5 Å². The molecular formula is C20H20N2O4. The van der Waals surface area contributed by atoms with E-state index < -0.39 is 0 Å². The summed E-state index contributed by atoms with van der Waals surface area (Å²) in [7, 11) is 3.17. The quantitative estimate of drug-likeness (QED) is 0.714. The molecule has 0 aliphatic heterocycles. The lowest BCUT2D eigenvalue weighted by Crippen LogP contribution is -2.27. The lowest BCUT2D eigenvalue weighted by molar-refractivity contribution is 0.0954. The van der Waals surface area contributed by atoms with Crippen LogP contribution in [0.1, 0.15) is 15.9 Å². The van der Waals surface area contributed by atoms with E-state index in [-0.39, 0.29) is 11.5 Å². The Morgan fingerprint density at radius 2 is 1.69 bits per heavy atom. The second kappa shape index (κ2) is 7.74. The van der Waals surface area contributed by atoms with Crippen molar-refractivity contribution in [3.8, 4) is 11.5 Å². The van der Waals surface area contributed by atoms with Crippen LogP contribution in [0, 0.1) is 0 Å². The zero-order valence-corrected chi connectivity index (χ0v) is 14.7. The number of nitrogens with one attached hydrogen (secondary N) is 2. The average Bonchev–Trinajstić information content (AvgIpc) is 2.68. The van der Waals surface area contributed by atoms with Crippen molar-refractivity contribution in [2.45, 2.75) is 6.42 Å². The third kappa shape index (κ3) is 3.85. The van der Waals surface area contributed by atoms with E-state index in [1.807, 2.05) is 18.2 Å². The van der Waals surface area contributed by atoms with Crippen molar-refractivity contribution in [1.29, 1.82) is 0 Å². The van der Waals surface area contributed by atoms with Gasteiger partial charge in [0.15, 0.2) is 0 Å². The molecule has 1 amide bonds. The molecule has 0 aliphatic rings. The summed E-state index contributed by atoms with van der Waals surface area (Å²) < 4.78 is 10.3. The summed E-state index contributed by atoms with van der Waals surface area (Å²) in [6.45, 7) is 0.365. The molecule has 2 aromatic carbocycles. The molecule has 3 rings (SSSR count). The molecule has 1 aromatic heterocycles. The Balaban J connectivity index is 1.67. The molecule has 0 saturated carbocycles. The zero-order valence-electron chi connectivity index (χ0n) is 14.7. The molecule has 0 atom stereocenters. The van der Waals surface area contributed by atoms with Crippen LogP contribution in [-0.4, -0.2) is 31.7 Å².